The first-order valence-electron chi connectivity index (χ1n) is 8.73. The fraction of sp³-hybridized carbons (Fsp3) is 0.316. The highest BCUT2D eigenvalue weighted by Gasteiger charge is 2.17. The highest BCUT2D eigenvalue weighted by Crippen LogP contribution is 2.20. The van der Waals surface area contributed by atoms with Crippen molar-refractivity contribution in [3.05, 3.63) is 48.2 Å². The topological polar surface area (TPSA) is 95.6 Å². The van der Waals surface area contributed by atoms with Gasteiger partial charge in [0.05, 0.1) is 12.7 Å². The summed E-state index contributed by atoms with van der Waals surface area (Å²) in [5.74, 6) is 0.515. The predicted octanol–water partition coefficient (Wildman–Crippen LogP) is 2.12. The normalized spacial score (nSPS) is 15.9. The van der Waals surface area contributed by atoms with Crippen LogP contribution in [0.5, 0.6) is 0 Å². The molecule has 1 aliphatic rings. The number of benzene rings is 1. The maximum atomic E-state index is 12.2. The van der Waals surface area contributed by atoms with Crippen molar-refractivity contribution in [2.45, 2.75) is 12.5 Å². The predicted molar refractivity (Wildman–Crippen MR) is 104 cm³/mol. The van der Waals surface area contributed by atoms with E-state index in [-0.39, 0.29) is 11.9 Å². The van der Waals surface area contributed by atoms with Crippen LogP contribution in [0.1, 0.15) is 16.8 Å². The zero-order chi connectivity index (χ0) is 19.2. The molecule has 3 rings (SSSR count). The second kappa shape index (κ2) is 8.50. The van der Waals surface area contributed by atoms with Crippen LogP contribution in [0.25, 0.3) is 0 Å². The van der Waals surface area contributed by atoms with Crippen molar-refractivity contribution in [3.8, 4) is 0 Å². The number of anilines is 3. The van der Waals surface area contributed by atoms with E-state index in [2.05, 4.69) is 25.7 Å². The lowest BCUT2D eigenvalue weighted by molar-refractivity contribution is 0.0939. The first-order valence-corrected chi connectivity index (χ1v) is 8.73. The van der Waals surface area contributed by atoms with E-state index in [1.807, 2.05) is 12.1 Å². The molecule has 1 saturated heterocycles. The lowest BCUT2D eigenvalue weighted by atomic mass is 10.2. The van der Waals surface area contributed by atoms with Crippen molar-refractivity contribution in [2.24, 2.45) is 0 Å². The largest absolute Gasteiger partial charge is 0.452 e. The lowest BCUT2D eigenvalue weighted by Gasteiger charge is -2.16. The molecule has 1 unspecified atom stereocenters. The Kier molecular flexibility index (Phi) is 5.87. The standard InChI is InChI=1S/C19H23N5O3/c1-24(19(26)27-2)16-6-4-14(5-7-16)22-17-8-3-13(11-21-17)18(25)23-15-9-10-20-12-15/h3-8,11,15,20H,9-10,12H2,1-2H3,(H,21,22)(H,23,25). The molecule has 0 aliphatic carbocycles. The van der Waals surface area contributed by atoms with Crippen LogP contribution >= 0.6 is 0 Å². The summed E-state index contributed by atoms with van der Waals surface area (Å²) in [6.07, 6.45) is 2.07. The molecule has 8 nitrogen and oxygen atoms in total. The molecule has 8 heteroatoms. The number of carbonyl (C=O) groups excluding carboxylic acids is 2. The minimum absolute atomic E-state index is 0.113. The van der Waals surface area contributed by atoms with Crippen LogP contribution in [-0.4, -0.2) is 50.3 Å². The summed E-state index contributed by atoms with van der Waals surface area (Å²) in [7, 11) is 2.98. The fourth-order valence-electron chi connectivity index (χ4n) is 2.81. The molecule has 1 aromatic carbocycles. The summed E-state index contributed by atoms with van der Waals surface area (Å²) < 4.78 is 4.69. The van der Waals surface area contributed by atoms with E-state index < -0.39 is 6.09 Å². The van der Waals surface area contributed by atoms with Gasteiger partial charge in [-0.1, -0.05) is 0 Å². The Labute approximate surface area is 157 Å². The number of amides is 2. The summed E-state index contributed by atoms with van der Waals surface area (Å²) in [6.45, 7) is 1.74. The molecule has 0 radical (unpaired) electrons. The highest BCUT2D eigenvalue weighted by atomic mass is 16.5. The maximum Gasteiger partial charge on any atom is 0.413 e. The van der Waals surface area contributed by atoms with Crippen LogP contribution < -0.4 is 20.9 Å². The molecule has 1 aliphatic heterocycles. The third kappa shape index (κ3) is 4.73. The lowest BCUT2D eigenvalue weighted by Crippen LogP contribution is -2.36. The van der Waals surface area contributed by atoms with Gasteiger partial charge in [0.2, 0.25) is 0 Å². The van der Waals surface area contributed by atoms with E-state index in [4.69, 9.17) is 0 Å². The highest BCUT2D eigenvalue weighted by molar-refractivity contribution is 5.94. The second-order valence-corrected chi connectivity index (χ2v) is 6.30. The van der Waals surface area contributed by atoms with Crippen molar-refractivity contribution < 1.29 is 14.3 Å². The van der Waals surface area contributed by atoms with Gasteiger partial charge in [0.1, 0.15) is 5.82 Å². The molecular weight excluding hydrogens is 346 g/mol. The van der Waals surface area contributed by atoms with Gasteiger partial charge in [0, 0.05) is 37.2 Å². The molecule has 0 spiro atoms. The van der Waals surface area contributed by atoms with E-state index in [1.165, 1.54) is 12.0 Å². The number of hydrogen-bond donors (Lipinski definition) is 3. The van der Waals surface area contributed by atoms with Crippen molar-refractivity contribution in [1.29, 1.82) is 0 Å². The van der Waals surface area contributed by atoms with Gasteiger partial charge in [-0.15, -0.1) is 0 Å². The van der Waals surface area contributed by atoms with Gasteiger partial charge in [-0.25, -0.2) is 9.78 Å². The summed E-state index contributed by atoms with van der Waals surface area (Å²) in [5.41, 5.74) is 2.06. The molecule has 2 amide bonds. The molecule has 1 fully saturated rings. The number of methoxy groups -OCH3 is 1. The molecule has 1 aromatic heterocycles. The van der Waals surface area contributed by atoms with Gasteiger partial charge in [0.25, 0.3) is 5.91 Å². The van der Waals surface area contributed by atoms with E-state index in [0.717, 1.165) is 25.2 Å². The number of pyridine rings is 1. The van der Waals surface area contributed by atoms with Gasteiger partial charge >= 0.3 is 6.09 Å². The molecule has 1 atom stereocenters. The smallest absolute Gasteiger partial charge is 0.413 e. The average molecular weight is 369 g/mol. The Balaban J connectivity index is 1.59. The summed E-state index contributed by atoms with van der Waals surface area (Å²) in [4.78, 5) is 29.4. The van der Waals surface area contributed by atoms with Crippen molar-refractivity contribution in [1.82, 2.24) is 15.6 Å². The number of hydrogen-bond acceptors (Lipinski definition) is 6. The zero-order valence-corrected chi connectivity index (χ0v) is 15.4. The Bertz CT molecular complexity index is 786. The van der Waals surface area contributed by atoms with E-state index in [1.54, 1.807) is 37.5 Å². The number of rotatable bonds is 5. The van der Waals surface area contributed by atoms with Gasteiger partial charge in [-0.2, -0.15) is 0 Å². The van der Waals surface area contributed by atoms with E-state index in [0.29, 0.717) is 17.1 Å². The molecule has 27 heavy (non-hydrogen) atoms. The Morgan fingerprint density at radius 2 is 2.00 bits per heavy atom. The van der Waals surface area contributed by atoms with Gasteiger partial charge in [-0.3, -0.25) is 9.69 Å². The monoisotopic (exact) mass is 369 g/mol. The summed E-state index contributed by atoms with van der Waals surface area (Å²) in [6, 6.07) is 11.0. The fourth-order valence-corrected chi connectivity index (χ4v) is 2.81. The van der Waals surface area contributed by atoms with Gasteiger partial charge < -0.3 is 20.7 Å². The first kappa shape index (κ1) is 18.7. The SMILES string of the molecule is COC(=O)N(C)c1ccc(Nc2ccc(C(=O)NC3CCNC3)cn2)cc1. The molecule has 2 heterocycles. The Morgan fingerprint density at radius 3 is 2.59 bits per heavy atom. The van der Waals surface area contributed by atoms with Crippen LogP contribution in [-0.2, 0) is 4.74 Å². The minimum atomic E-state index is -0.431. The van der Waals surface area contributed by atoms with Crippen molar-refractivity contribution in [3.63, 3.8) is 0 Å². The van der Waals surface area contributed by atoms with Crippen LogP contribution in [0, 0.1) is 0 Å². The quantitative estimate of drug-likeness (QED) is 0.747. The molecule has 2 aromatic rings. The summed E-state index contributed by atoms with van der Waals surface area (Å²) >= 11 is 0. The second-order valence-electron chi connectivity index (χ2n) is 6.30. The number of nitrogens with zero attached hydrogens (tertiary/aromatic N) is 2. The van der Waals surface area contributed by atoms with Crippen LogP contribution in [0.4, 0.5) is 22.0 Å². The van der Waals surface area contributed by atoms with Crippen LogP contribution in [0.2, 0.25) is 0 Å². The third-order valence-corrected chi connectivity index (χ3v) is 4.40. The Hall–Kier alpha value is -3.13. The van der Waals surface area contributed by atoms with Crippen LogP contribution in [0.15, 0.2) is 42.6 Å². The number of nitrogens with one attached hydrogen (secondary N) is 3. The number of ether oxygens (including phenoxy) is 1. The molecular formula is C19H23N5O3. The van der Waals surface area contributed by atoms with Crippen molar-refractivity contribution >= 4 is 29.2 Å². The zero-order valence-electron chi connectivity index (χ0n) is 15.4. The number of aromatic nitrogens is 1. The maximum absolute atomic E-state index is 12.2. The van der Waals surface area contributed by atoms with Gasteiger partial charge in [0.15, 0.2) is 0 Å². The van der Waals surface area contributed by atoms with Gasteiger partial charge in [-0.05, 0) is 49.4 Å². The summed E-state index contributed by atoms with van der Waals surface area (Å²) in [5, 5.41) is 9.37. The van der Waals surface area contributed by atoms with Crippen molar-refractivity contribution in [2.75, 3.05) is 37.5 Å². The molecule has 142 valence electrons. The first-order chi connectivity index (χ1) is 13.1. The van der Waals surface area contributed by atoms with E-state index in [9.17, 15) is 9.59 Å². The third-order valence-electron chi connectivity index (χ3n) is 4.40. The molecule has 3 N–H and O–H groups in total. The average Bonchev–Trinajstić information content (AvgIpc) is 3.21. The Morgan fingerprint density at radius 1 is 1.22 bits per heavy atom. The molecule has 0 saturated carbocycles. The van der Waals surface area contributed by atoms with Crippen LogP contribution in [0.3, 0.4) is 0 Å². The number of carbonyl (C=O) groups is 2. The van der Waals surface area contributed by atoms with E-state index >= 15 is 0 Å². The molecule has 0 bridgehead atoms. The minimum Gasteiger partial charge on any atom is -0.452 e.